The number of anilines is 1. The zero-order chi connectivity index (χ0) is 11.5. The Labute approximate surface area is 92.9 Å². The van der Waals surface area contributed by atoms with Crippen molar-refractivity contribution < 1.29 is 4.79 Å². The van der Waals surface area contributed by atoms with Gasteiger partial charge in [0.1, 0.15) is 5.82 Å². The van der Waals surface area contributed by atoms with E-state index >= 15 is 0 Å². The number of rotatable bonds is 2. The van der Waals surface area contributed by atoms with Gasteiger partial charge in [0.2, 0.25) is 0 Å². The van der Waals surface area contributed by atoms with Crippen molar-refractivity contribution in [1.82, 2.24) is 15.1 Å². The van der Waals surface area contributed by atoms with Gasteiger partial charge >= 0.3 is 0 Å². The van der Waals surface area contributed by atoms with E-state index in [0.717, 1.165) is 5.69 Å². The molecule has 0 bridgehead atoms. The molecular weight excluding hydrogens is 204 g/mol. The first kappa shape index (κ1) is 10.2. The number of carbonyl (C=O) groups excluding carboxylic acids is 1. The van der Waals surface area contributed by atoms with Crippen LogP contribution in [-0.2, 0) is 0 Å². The summed E-state index contributed by atoms with van der Waals surface area (Å²) in [6.07, 6.45) is 1.77. The van der Waals surface area contributed by atoms with E-state index in [9.17, 15) is 4.79 Å². The first-order valence-electron chi connectivity index (χ1n) is 4.84. The van der Waals surface area contributed by atoms with Crippen LogP contribution in [0.5, 0.6) is 0 Å². The molecule has 0 spiro atoms. The summed E-state index contributed by atoms with van der Waals surface area (Å²) in [6.45, 7) is 0. The van der Waals surface area contributed by atoms with Crippen LogP contribution in [0.25, 0.3) is 5.69 Å². The van der Waals surface area contributed by atoms with Crippen molar-refractivity contribution in [2.45, 2.75) is 0 Å². The molecule has 3 N–H and O–H groups in total. The smallest absolute Gasteiger partial charge is 0.251 e. The molecule has 0 aliphatic carbocycles. The van der Waals surface area contributed by atoms with Gasteiger partial charge in [-0.2, -0.15) is 5.10 Å². The van der Waals surface area contributed by atoms with Crippen molar-refractivity contribution in [2.75, 3.05) is 12.8 Å². The number of aromatic nitrogens is 2. The maximum Gasteiger partial charge on any atom is 0.251 e. The zero-order valence-electron chi connectivity index (χ0n) is 8.84. The van der Waals surface area contributed by atoms with Crippen LogP contribution in [0.1, 0.15) is 10.4 Å². The van der Waals surface area contributed by atoms with E-state index in [4.69, 9.17) is 5.73 Å². The molecule has 5 heteroatoms. The van der Waals surface area contributed by atoms with Gasteiger partial charge in [0.25, 0.3) is 5.91 Å². The van der Waals surface area contributed by atoms with Crippen molar-refractivity contribution in [1.29, 1.82) is 0 Å². The van der Waals surface area contributed by atoms with Crippen LogP contribution in [0.4, 0.5) is 5.82 Å². The normalized spacial score (nSPS) is 10.1. The summed E-state index contributed by atoms with van der Waals surface area (Å²) in [6, 6.07) is 8.83. The van der Waals surface area contributed by atoms with E-state index in [0.29, 0.717) is 11.4 Å². The second-order valence-corrected chi connectivity index (χ2v) is 3.31. The molecule has 2 aromatic rings. The Morgan fingerprint density at radius 2 is 2.00 bits per heavy atom. The summed E-state index contributed by atoms with van der Waals surface area (Å²) in [5.41, 5.74) is 7.00. The molecule has 5 nitrogen and oxygen atoms in total. The van der Waals surface area contributed by atoms with Gasteiger partial charge in [-0.15, -0.1) is 0 Å². The second-order valence-electron chi connectivity index (χ2n) is 3.31. The maximum absolute atomic E-state index is 11.3. The molecule has 0 saturated carbocycles. The molecule has 0 saturated heterocycles. The molecule has 1 heterocycles. The van der Waals surface area contributed by atoms with Gasteiger partial charge in [0, 0.05) is 24.9 Å². The van der Waals surface area contributed by atoms with E-state index in [2.05, 4.69) is 10.4 Å². The first-order valence-corrected chi connectivity index (χ1v) is 4.84. The Balaban J connectivity index is 2.29. The van der Waals surface area contributed by atoms with E-state index < -0.39 is 0 Å². The van der Waals surface area contributed by atoms with Crippen molar-refractivity contribution in [3.8, 4) is 5.69 Å². The van der Waals surface area contributed by atoms with E-state index in [1.807, 2.05) is 12.1 Å². The topological polar surface area (TPSA) is 72.9 Å². The summed E-state index contributed by atoms with van der Waals surface area (Å²) in [4.78, 5) is 11.3. The van der Waals surface area contributed by atoms with Gasteiger partial charge in [0.15, 0.2) is 0 Å². The zero-order valence-corrected chi connectivity index (χ0v) is 8.84. The SMILES string of the molecule is CNC(=O)c1ccc(-n2ccc(N)n2)cc1. The predicted molar refractivity (Wildman–Crippen MR) is 61.4 cm³/mol. The lowest BCUT2D eigenvalue weighted by Gasteiger charge is -2.03. The number of carbonyl (C=O) groups is 1. The summed E-state index contributed by atoms with van der Waals surface area (Å²) in [5, 5.41) is 6.63. The Kier molecular flexibility index (Phi) is 2.59. The Hall–Kier alpha value is -2.30. The summed E-state index contributed by atoms with van der Waals surface area (Å²) in [7, 11) is 1.60. The molecular formula is C11H12N4O. The summed E-state index contributed by atoms with van der Waals surface area (Å²) in [5.74, 6) is 0.363. The van der Waals surface area contributed by atoms with Crippen molar-refractivity contribution in [2.24, 2.45) is 0 Å². The molecule has 1 aromatic carbocycles. The van der Waals surface area contributed by atoms with Crippen LogP contribution in [-0.4, -0.2) is 22.7 Å². The minimum Gasteiger partial charge on any atom is -0.382 e. The molecule has 16 heavy (non-hydrogen) atoms. The molecule has 0 atom stereocenters. The monoisotopic (exact) mass is 216 g/mol. The highest BCUT2D eigenvalue weighted by Crippen LogP contribution is 2.10. The molecule has 0 fully saturated rings. The Morgan fingerprint density at radius 1 is 1.31 bits per heavy atom. The number of hydrogen-bond acceptors (Lipinski definition) is 3. The molecule has 1 aromatic heterocycles. The predicted octanol–water partition coefficient (Wildman–Crippen LogP) is 0.814. The Bertz CT molecular complexity index is 501. The molecule has 2 rings (SSSR count). The molecule has 0 radical (unpaired) electrons. The van der Waals surface area contributed by atoms with E-state index in [-0.39, 0.29) is 5.91 Å². The standard InChI is InChI=1S/C11H12N4O/c1-13-11(16)8-2-4-9(5-3-8)15-7-6-10(12)14-15/h2-7H,1H3,(H2,12,14)(H,13,16). The van der Waals surface area contributed by atoms with Crippen LogP contribution in [0, 0.1) is 0 Å². The number of nitrogen functional groups attached to an aromatic ring is 1. The number of amides is 1. The lowest BCUT2D eigenvalue weighted by Crippen LogP contribution is -2.17. The summed E-state index contributed by atoms with van der Waals surface area (Å²) < 4.78 is 1.66. The molecule has 0 aliphatic heterocycles. The lowest BCUT2D eigenvalue weighted by molar-refractivity contribution is 0.0963. The van der Waals surface area contributed by atoms with Gasteiger partial charge in [-0.25, -0.2) is 4.68 Å². The molecule has 1 amide bonds. The largest absolute Gasteiger partial charge is 0.382 e. The second kappa shape index (κ2) is 4.06. The van der Waals surface area contributed by atoms with Crippen molar-refractivity contribution in [3.63, 3.8) is 0 Å². The third-order valence-corrected chi connectivity index (χ3v) is 2.23. The van der Waals surface area contributed by atoms with Gasteiger partial charge in [-0.3, -0.25) is 4.79 Å². The molecule has 0 aliphatic rings. The Morgan fingerprint density at radius 3 is 2.50 bits per heavy atom. The number of benzene rings is 1. The highest BCUT2D eigenvalue weighted by atomic mass is 16.1. The summed E-state index contributed by atoms with van der Waals surface area (Å²) >= 11 is 0. The molecule has 0 unspecified atom stereocenters. The highest BCUT2D eigenvalue weighted by Gasteiger charge is 2.03. The molecule has 82 valence electrons. The number of nitrogens with two attached hydrogens (primary N) is 1. The van der Waals surface area contributed by atoms with Crippen molar-refractivity contribution >= 4 is 11.7 Å². The average molecular weight is 216 g/mol. The maximum atomic E-state index is 11.3. The van der Waals surface area contributed by atoms with Gasteiger partial charge in [-0.1, -0.05) is 0 Å². The fraction of sp³-hybridized carbons (Fsp3) is 0.0909. The number of nitrogens with one attached hydrogen (secondary N) is 1. The fourth-order valence-corrected chi connectivity index (χ4v) is 1.39. The first-order chi connectivity index (χ1) is 7.70. The van der Waals surface area contributed by atoms with Gasteiger partial charge in [-0.05, 0) is 24.3 Å². The minimum absolute atomic E-state index is 0.105. The van der Waals surface area contributed by atoms with Gasteiger partial charge < -0.3 is 11.1 Å². The lowest BCUT2D eigenvalue weighted by atomic mass is 10.2. The average Bonchev–Trinajstić information content (AvgIpc) is 2.75. The van der Waals surface area contributed by atoms with Gasteiger partial charge in [0.05, 0.1) is 5.69 Å². The van der Waals surface area contributed by atoms with Crippen LogP contribution < -0.4 is 11.1 Å². The van der Waals surface area contributed by atoms with E-state index in [1.54, 1.807) is 36.1 Å². The van der Waals surface area contributed by atoms with Crippen LogP contribution in [0.15, 0.2) is 36.5 Å². The van der Waals surface area contributed by atoms with Crippen LogP contribution >= 0.6 is 0 Å². The minimum atomic E-state index is -0.105. The number of hydrogen-bond donors (Lipinski definition) is 2. The number of nitrogens with zero attached hydrogens (tertiary/aromatic N) is 2. The quantitative estimate of drug-likeness (QED) is 0.780. The van der Waals surface area contributed by atoms with Crippen molar-refractivity contribution in [3.05, 3.63) is 42.1 Å². The highest BCUT2D eigenvalue weighted by molar-refractivity contribution is 5.94. The van der Waals surface area contributed by atoms with E-state index in [1.165, 1.54) is 0 Å². The third kappa shape index (κ3) is 1.88. The fourth-order valence-electron chi connectivity index (χ4n) is 1.39. The van der Waals surface area contributed by atoms with Crippen LogP contribution in [0.3, 0.4) is 0 Å². The third-order valence-electron chi connectivity index (χ3n) is 2.23. The van der Waals surface area contributed by atoms with Crippen LogP contribution in [0.2, 0.25) is 0 Å².